The van der Waals surface area contributed by atoms with Crippen LogP contribution in [-0.4, -0.2) is 19.5 Å². The van der Waals surface area contributed by atoms with Crippen LogP contribution in [0.15, 0.2) is 146 Å². The van der Waals surface area contributed by atoms with Crippen molar-refractivity contribution in [2.75, 3.05) is 0 Å². The van der Waals surface area contributed by atoms with Gasteiger partial charge in [-0.1, -0.05) is 127 Å². The highest BCUT2D eigenvalue weighted by molar-refractivity contribution is 6.03. The summed E-state index contributed by atoms with van der Waals surface area (Å²) in [5.41, 5.74) is 13.0. The van der Waals surface area contributed by atoms with Crippen molar-refractivity contribution < 1.29 is 0 Å². The maximum Gasteiger partial charge on any atom is 0.160 e. The molecule has 8 aromatic rings. The molecule has 0 radical (unpaired) electrons. The average molecular weight is 549 g/mol. The van der Waals surface area contributed by atoms with Gasteiger partial charge in [-0.05, 0) is 29.3 Å². The second-order valence-corrected chi connectivity index (χ2v) is 10.9. The Morgan fingerprint density at radius 2 is 1.02 bits per heavy atom. The zero-order valence-corrected chi connectivity index (χ0v) is 23.1. The third-order valence-electron chi connectivity index (χ3n) is 8.38. The summed E-state index contributed by atoms with van der Waals surface area (Å²) in [4.78, 5) is 15.2. The standard InChI is InChI=1S/C39H24N4/c1-2-11-25(12-3-1)36-32-16-6-8-18-33(32)40-38(42-36)26-21-23-27(24-22-26)39-41-34-19-10-17-31-29-14-5-4-13-28(29)30-15-7-9-20-35(30)43(39)37(31)34/h1-24H. The van der Waals surface area contributed by atoms with Crippen LogP contribution in [0.1, 0.15) is 0 Å². The fourth-order valence-electron chi connectivity index (χ4n) is 6.41. The Morgan fingerprint density at radius 3 is 1.86 bits per heavy atom. The Kier molecular flexibility index (Phi) is 5.16. The molecule has 1 aliphatic heterocycles. The van der Waals surface area contributed by atoms with Gasteiger partial charge in [-0.2, -0.15) is 0 Å². The summed E-state index contributed by atoms with van der Waals surface area (Å²) in [6, 6.07) is 50.7. The van der Waals surface area contributed by atoms with E-state index in [9.17, 15) is 0 Å². The average Bonchev–Trinajstić information content (AvgIpc) is 3.42. The van der Waals surface area contributed by atoms with E-state index in [1.165, 1.54) is 22.3 Å². The van der Waals surface area contributed by atoms with E-state index < -0.39 is 0 Å². The zero-order valence-electron chi connectivity index (χ0n) is 23.1. The van der Waals surface area contributed by atoms with Crippen molar-refractivity contribution in [1.29, 1.82) is 0 Å². The molecule has 9 rings (SSSR count). The van der Waals surface area contributed by atoms with Gasteiger partial charge >= 0.3 is 0 Å². The fraction of sp³-hybridized carbons (Fsp3) is 0. The molecule has 0 atom stereocenters. The molecule has 200 valence electrons. The first kappa shape index (κ1) is 23.8. The Bertz CT molecular complexity index is 2330. The van der Waals surface area contributed by atoms with Gasteiger partial charge in [0, 0.05) is 33.2 Å². The number of hydrogen-bond donors (Lipinski definition) is 0. The monoisotopic (exact) mass is 548 g/mol. The molecular formula is C39H24N4. The van der Waals surface area contributed by atoms with Crippen LogP contribution < -0.4 is 0 Å². The van der Waals surface area contributed by atoms with E-state index in [1.807, 2.05) is 30.3 Å². The highest BCUT2D eigenvalue weighted by Gasteiger charge is 2.25. The molecule has 43 heavy (non-hydrogen) atoms. The summed E-state index contributed by atoms with van der Waals surface area (Å²) in [7, 11) is 0. The van der Waals surface area contributed by atoms with Crippen molar-refractivity contribution in [3.05, 3.63) is 146 Å². The number of imidazole rings is 1. The smallest absolute Gasteiger partial charge is 0.160 e. The molecule has 0 unspecified atom stereocenters. The topological polar surface area (TPSA) is 43.6 Å². The predicted octanol–water partition coefficient (Wildman–Crippen LogP) is 9.62. The van der Waals surface area contributed by atoms with E-state index in [-0.39, 0.29) is 0 Å². The minimum Gasteiger partial charge on any atom is -0.291 e. The molecule has 0 fully saturated rings. The van der Waals surface area contributed by atoms with Gasteiger partial charge in [0.25, 0.3) is 0 Å². The van der Waals surface area contributed by atoms with Crippen LogP contribution in [-0.2, 0) is 0 Å². The largest absolute Gasteiger partial charge is 0.291 e. The number of benzene rings is 6. The third kappa shape index (κ3) is 3.67. The molecule has 4 nitrogen and oxygen atoms in total. The molecule has 6 aromatic carbocycles. The van der Waals surface area contributed by atoms with E-state index >= 15 is 0 Å². The lowest BCUT2D eigenvalue weighted by Gasteiger charge is -2.13. The third-order valence-corrected chi connectivity index (χ3v) is 8.38. The van der Waals surface area contributed by atoms with E-state index in [0.717, 1.165) is 55.8 Å². The van der Waals surface area contributed by atoms with Gasteiger partial charge in [0.15, 0.2) is 5.82 Å². The number of rotatable bonds is 3. The highest BCUT2D eigenvalue weighted by atomic mass is 15.1. The van der Waals surface area contributed by atoms with Crippen molar-refractivity contribution in [2.24, 2.45) is 0 Å². The number of fused-ring (bicyclic) bond motifs is 6. The summed E-state index contributed by atoms with van der Waals surface area (Å²) in [6.45, 7) is 0. The van der Waals surface area contributed by atoms with Crippen LogP contribution in [0.25, 0.3) is 83.9 Å². The predicted molar refractivity (Wildman–Crippen MR) is 175 cm³/mol. The fourth-order valence-corrected chi connectivity index (χ4v) is 6.41. The second-order valence-electron chi connectivity index (χ2n) is 10.9. The van der Waals surface area contributed by atoms with Crippen molar-refractivity contribution in [3.63, 3.8) is 0 Å². The normalized spacial score (nSPS) is 11.7. The minimum absolute atomic E-state index is 0.707. The van der Waals surface area contributed by atoms with E-state index in [0.29, 0.717) is 5.82 Å². The molecule has 4 heteroatoms. The number of nitrogens with zero attached hydrogens (tertiary/aromatic N) is 4. The maximum atomic E-state index is 5.20. The Labute approximate surface area is 248 Å². The molecule has 0 saturated heterocycles. The number of aromatic nitrogens is 4. The van der Waals surface area contributed by atoms with Crippen molar-refractivity contribution in [1.82, 2.24) is 19.5 Å². The van der Waals surface area contributed by atoms with Crippen LogP contribution in [0.4, 0.5) is 0 Å². The molecule has 3 heterocycles. The molecule has 0 spiro atoms. The van der Waals surface area contributed by atoms with Crippen molar-refractivity contribution in [2.45, 2.75) is 0 Å². The summed E-state index contributed by atoms with van der Waals surface area (Å²) >= 11 is 0. The van der Waals surface area contributed by atoms with Crippen molar-refractivity contribution >= 4 is 21.9 Å². The van der Waals surface area contributed by atoms with Gasteiger partial charge in [0.1, 0.15) is 5.82 Å². The lowest BCUT2D eigenvalue weighted by molar-refractivity contribution is 1.11. The van der Waals surface area contributed by atoms with E-state index in [2.05, 4.69) is 120 Å². The van der Waals surface area contributed by atoms with Crippen LogP contribution in [0.5, 0.6) is 0 Å². The Morgan fingerprint density at radius 1 is 0.395 bits per heavy atom. The molecule has 0 amide bonds. The van der Waals surface area contributed by atoms with Gasteiger partial charge in [-0.3, -0.25) is 4.57 Å². The van der Waals surface area contributed by atoms with Crippen LogP contribution in [0, 0.1) is 0 Å². The van der Waals surface area contributed by atoms with Gasteiger partial charge in [0.05, 0.1) is 27.9 Å². The molecule has 0 aliphatic carbocycles. The number of hydrogen-bond acceptors (Lipinski definition) is 3. The summed E-state index contributed by atoms with van der Waals surface area (Å²) < 4.78 is 2.33. The van der Waals surface area contributed by atoms with Gasteiger partial charge < -0.3 is 0 Å². The zero-order chi connectivity index (χ0) is 28.3. The minimum atomic E-state index is 0.707. The molecule has 1 aliphatic rings. The first-order chi connectivity index (χ1) is 21.3. The highest BCUT2D eigenvalue weighted by Crippen LogP contribution is 2.45. The SMILES string of the molecule is c1ccc(-c2nc(-c3ccc(-c4nc5cccc6c5n4-c4ccccc4-c4ccccc4-6)cc3)nc3ccccc23)cc1. The molecule has 0 saturated carbocycles. The van der Waals surface area contributed by atoms with Crippen LogP contribution >= 0.6 is 0 Å². The summed E-state index contributed by atoms with van der Waals surface area (Å²) in [5, 5.41) is 1.05. The molecular weight excluding hydrogens is 524 g/mol. The van der Waals surface area contributed by atoms with Crippen molar-refractivity contribution in [3.8, 4) is 62.0 Å². The summed E-state index contributed by atoms with van der Waals surface area (Å²) in [5.74, 6) is 1.62. The lowest BCUT2D eigenvalue weighted by Crippen LogP contribution is -1.99. The van der Waals surface area contributed by atoms with E-state index in [4.69, 9.17) is 15.0 Å². The van der Waals surface area contributed by atoms with Gasteiger partial charge in [0.2, 0.25) is 0 Å². The maximum absolute atomic E-state index is 5.20. The van der Waals surface area contributed by atoms with Crippen LogP contribution in [0.3, 0.4) is 0 Å². The number of para-hydroxylation sites is 3. The molecule has 2 aromatic heterocycles. The van der Waals surface area contributed by atoms with E-state index in [1.54, 1.807) is 0 Å². The second kappa shape index (κ2) is 9.33. The van der Waals surface area contributed by atoms with Gasteiger partial charge in [-0.25, -0.2) is 15.0 Å². The molecule has 0 N–H and O–H groups in total. The Balaban J connectivity index is 1.22. The Hall–Kier alpha value is -5.87. The van der Waals surface area contributed by atoms with Crippen LogP contribution in [0.2, 0.25) is 0 Å². The quantitative estimate of drug-likeness (QED) is 0.221. The first-order valence-electron chi connectivity index (χ1n) is 14.5. The molecule has 0 bridgehead atoms. The lowest BCUT2D eigenvalue weighted by atomic mass is 9.94. The first-order valence-corrected chi connectivity index (χ1v) is 14.5. The van der Waals surface area contributed by atoms with Gasteiger partial charge in [-0.15, -0.1) is 0 Å². The summed E-state index contributed by atoms with van der Waals surface area (Å²) in [6.07, 6.45) is 0.